The van der Waals surface area contributed by atoms with Gasteiger partial charge in [-0.15, -0.1) is 0 Å². The molecule has 0 saturated carbocycles. The Balaban J connectivity index is 1.77. The van der Waals surface area contributed by atoms with Gasteiger partial charge in [0.2, 0.25) is 0 Å². The maximum Gasteiger partial charge on any atom is 0.264 e. The van der Waals surface area contributed by atoms with Crippen molar-refractivity contribution in [2.75, 3.05) is 6.61 Å². The molecule has 0 unspecified atom stereocenters. The molecule has 2 aromatic rings. The highest BCUT2D eigenvalue weighted by Gasteiger charge is 2.10. The zero-order valence-corrected chi connectivity index (χ0v) is 14.0. The second kappa shape index (κ2) is 8.33. The molecule has 0 saturated heterocycles. The first-order chi connectivity index (χ1) is 11.1. The molecule has 0 bridgehead atoms. The highest BCUT2D eigenvalue weighted by Crippen LogP contribution is 2.25. The SMILES string of the molecule is CC(C)c1ccccc1OCC(=O)NC(=S)NCc1ccco1. The van der Waals surface area contributed by atoms with Crippen LogP contribution in [0.1, 0.15) is 31.1 Å². The number of furan rings is 1. The van der Waals surface area contributed by atoms with Crippen molar-refractivity contribution < 1.29 is 13.9 Å². The molecule has 1 heterocycles. The summed E-state index contributed by atoms with van der Waals surface area (Å²) < 4.78 is 10.8. The van der Waals surface area contributed by atoms with Crippen LogP contribution in [0.25, 0.3) is 0 Å². The molecule has 23 heavy (non-hydrogen) atoms. The molecular formula is C17H20N2O3S. The number of hydrogen-bond acceptors (Lipinski definition) is 4. The van der Waals surface area contributed by atoms with Crippen LogP contribution in [0.5, 0.6) is 5.75 Å². The van der Waals surface area contributed by atoms with E-state index in [2.05, 4.69) is 24.5 Å². The Hall–Kier alpha value is -2.34. The van der Waals surface area contributed by atoms with Gasteiger partial charge in [-0.25, -0.2) is 0 Å². The van der Waals surface area contributed by atoms with E-state index in [0.717, 1.165) is 11.3 Å². The summed E-state index contributed by atoms with van der Waals surface area (Å²) in [5.41, 5.74) is 1.07. The topological polar surface area (TPSA) is 63.5 Å². The molecule has 0 aliphatic heterocycles. The molecule has 122 valence electrons. The zero-order chi connectivity index (χ0) is 16.7. The van der Waals surface area contributed by atoms with E-state index in [-0.39, 0.29) is 17.6 Å². The average Bonchev–Trinajstić information content (AvgIpc) is 3.04. The molecule has 0 aliphatic carbocycles. The maximum atomic E-state index is 11.9. The first-order valence-corrected chi connectivity index (χ1v) is 7.79. The zero-order valence-electron chi connectivity index (χ0n) is 13.2. The van der Waals surface area contributed by atoms with Gasteiger partial charge in [0.1, 0.15) is 11.5 Å². The third-order valence-corrected chi connectivity index (χ3v) is 3.40. The van der Waals surface area contributed by atoms with Gasteiger partial charge in [-0.05, 0) is 41.9 Å². The van der Waals surface area contributed by atoms with Gasteiger partial charge in [0.15, 0.2) is 11.7 Å². The number of ether oxygens (including phenoxy) is 1. The van der Waals surface area contributed by atoms with Crippen LogP contribution < -0.4 is 15.4 Å². The van der Waals surface area contributed by atoms with Crippen LogP contribution in [0.4, 0.5) is 0 Å². The molecule has 1 aromatic heterocycles. The van der Waals surface area contributed by atoms with Gasteiger partial charge in [0.05, 0.1) is 12.8 Å². The van der Waals surface area contributed by atoms with Gasteiger partial charge < -0.3 is 19.8 Å². The number of rotatable bonds is 6. The number of hydrogen-bond donors (Lipinski definition) is 2. The van der Waals surface area contributed by atoms with Crippen molar-refractivity contribution in [3.05, 3.63) is 54.0 Å². The van der Waals surface area contributed by atoms with E-state index in [4.69, 9.17) is 21.4 Å². The average molecular weight is 332 g/mol. The Bertz CT molecular complexity index is 654. The van der Waals surface area contributed by atoms with E-state index in [1.54, 1.807) is 12.3 Å². The van der Waals surface area contributed by atoms with Crippen LogP contribution in [0.15, 0.2) is 47.1 Å². The summed E-state index contributed by atoms with van der Waals surface area (Å²) in [7, 11) is 0. The number of carbonyl (C=O) groups is 1. The first kappa shape index (κ1) is 17.0. The van der Waals surface area contributed by atoms with Gasteiger partial charge in [-0.3, -0.25) is 4.79 Å². The summed E-state index contributed by atoms with van der Waals surface area (Å²) in [5.74, 6) is 1.47. The van der Waals surface area contributed by atoms with Crippen LogP contribution >= 0.6 is 12.2 Å². The molecule has 0 aliphatic rings. The number of nitrogens with one attached hydrogen (secondary N) is 2. The third-order valence-electron chi connectivity index (χ3n) is 3.16. The highest BCUT2D eigenvalue weighted by molar-refractivity contribution is 7.80. The molecule has 0 radical (unpaired) electrons. The predicted molar refractivity (Wildman–Crippen MR) is 92.3 cm³/mol. The minimum Gasteiger partial charge on any atom is -0.483 e. The summed E-state index contributed by atoms with van der Waals surface area (Å²) in [6, 6.07) is 11.3. The van der Waals surface area contributed by atoms with Gasteiger partial charge in [-0.2, -0.15) is 0 Å². The second-order valence-electron chi connectivity index (χ2n) is 5.29. The standard InChI is InChI=1S/C17H20N2O3S/c1-12(2)14-7-3-4-8-15(14)22-11-16(20)19-17(23)18-10-13-6-5-9-21-13/h3-9,12H,10-11H2,1-2H3,(H2,18,19,20,23). The van der Waals surface area contributed by atoms with E-state index < -0.39 is 0 Å². The number of carbonyl (C=O) groups excluding carboxylic acids is 1. The lowest BCUT2D eigenvalue weighted by molar-refractivity contribution is -0.121. The maximum absolute atomic E-state index is 11.9. The molecular weight excluding hydrogens is 312 g/mol. The van der Waals surface area contributed by atoms with Crippen molar-refractivity contribution in [1.82, 2.24) is 10.6 Å². The van der Waals surface area contributed by atoms with Gasteiger partial charge >= 0.3 is 0 Å². The molecule has 0 fully saturated rings. The summed E-state index contributed by atoms with van der Waals surface area (Å²) in [4.78, 5) is 11.9. The molecule has 2 rings (SSSR count). The van der Waals surface area contributed by atoms with Crippen molar-refractivity contribution in [2.45, 2.75) is 26.3 Å². The number of para-hydroxylation sites is 1. The first-order valence-electron chi connectivity index (χ1n) is 7.38. The minimum atomic E-state index is -0.305. The fourth-order valence-corrected chi connectivity index (χ4v) is 2.21. The molecule has 5 nitrogen and oxygen atoms in total. The normalized spacial score (nSPS) is 10.4. The summed E-state index contributed by atoms with van der Waals surface area (Å²) >= 11 is 5.06. The summed E-state index contributed by atoms with van der Waals surface area (Å²) in [6.07, 6.45) is 1.58. The fourth-order valence-electron chi connectivity index (χ4n) is 2.02. The summed E-state index contributed by atoms with van der Waals surface area (Å²) in [5, 5.41) is 5.71. The van der Waals surface area contributed by atoms with E-state index in [1.807, 2.05) is 30.3 Å². The van der Waals surface area contributed by atoms with Crippen LogP contribution in [0, 0.1) is 0 Å². The molecule has 0 atom stereocenters. The van der Waals surface area contributed by atoms with Crippen molar-refractivity contribution in [3.8, 4) is 5.75 Å². The Labute approximate surface area is 141 Å². The van der Waals surface area contributed by atoms with E-state index in [0.29, 0.717) is 18.2 Å². The van der Waals surface area contributed by atoms with Crippen LogP contribution in [0.3, 0.4) is 0 Å². The Kier molecular flexibility index (Phi) is 6.17. The third kappa shape index (κ3) is 5.41. The number of amides is 1. The van der Waals surface area contributed by atoms with Crippen molar-refractivity contribution in [2.24, 2.45) is 0 Å². The highest BCUT2D eigenvalue weighted by atomic mass is 32.1. The molecule has 6 heteroatoms. The van der Waals surface area contributed by atoms with E-state index in [1.165, 1.54) is 0 Å². The van der Waals surface area contributed by atoms with E-state index in [9.17, 15) is 4.79 Å². The van der Waals surface area contributed by atoms with Crippen molar-refractivity contribution in [1.29, 1.82) is 0 Å². The van der Waals surface area contributed by atoms with Crippen LogP contribution in [-0.4, -0.2) is 17.6 Å². The molecule has 0 spiro atoms. The Morgan fingerprint density at radius 2 is 2.04 bits per heavy atom. The quantitative estimate of drug-likeness (QED) is 0.796. The second-order valence-corrected chi connectivity index (χ2v) is 5.70. The molecule has 1 aromatic carbocycles. The van der Waals surface area contributed by atoms with E-state index >= 15 is 0 Å². The summed E-state index contributed by atoms with van der Waals surface area (Å²) in [6.45, 7) is 4.49. The molecule has 1 amide bonds. The number of benzene rings is 1. The number of thiocarbonyl (C=S) groups is 1. The predicted octanol–water partition coefficient (Wildman–Crippen LogP) is 2.97. The van der Waals surface area contributed by atoms with Gasteiger partial charge in [0, 0.05) is 0 Å². The lowest BCUT2D eigenvalue weighted by Crippen LogP contribution is -2.41. The Morgan fingerprint density at radius 1 is 1.26 bits per heavy atom. The lowest BCUT2D eigenvalue weighted by Gasteiger charge is -2.14. The largest absolute Gasteiger partial charge is 0.483 e. The monoisotopic (exact) mass is 332 g/mol. The smallest absolute Gasteiger partial charge is 0.264 e. The van der Waals surface area contributed by atoms with Crippen LogP contribution in [0.2, 0.25) is 0 Å². The fraction of sp³-hybridized carbons (Fsp3) is 0.294. The van der Waals surface area contributed by atoms with Crippen LogP contribution in [-0.2, 0) is 11.3 Å². The Morgan fingerprint density at radius 3 is 2.74 bits per heavy atom. The van der Waals surface area contributed by atoms with Gasteiger partial charge in [0.25, 0.3) is 5.91 Å². The van der Waals surface area contributed by atoms with Gasteiger partial charge in [-0.1, -0.05) is 32.0 Å². The minimum absolute atomic E-state index is 0.0910. The molecule has 2 N–H and O–H groups in total. The van der Waals surface area contributed by atoms with Crippen molar-refractivity contribution in [3.63, 3.8) is 0 Å². The lowest BCUT2D eigenvalue weighted by atomic mass is 10.0. The van der Waals surface area contributed by atoms with Crippen molar-refractivity contribution >= 4 is 23.2 Å².